The zero-order valence-electron chi connectivity index (χ0n) is 15.4. The van der Waals surface area contributed by atoms with Crippen LogP contribution in [-0.2, 0) is 4.74 Å². The summed E-state index contributed by atoms with van der Waals surface area (Å²) in [7, 11) is 0. The van der Waals surface area contributed by atoms with Crippen LogP contribution in [0.3, 0.4) is 0 Å². The van der Waals surface area contributed by atoms with Gasteiger partial charge in [-0.1, -0.05) is 0 Å². The summed E-state index contributed by atoms with van der Waals surface area (Å²) in [5.41, 5.74) is -1.65. The number of fused-ring (bicyclic) bond motifs is 1. The average Bonchev–Trinajstić information content (AvgIpc) is 3.14. The fourth-order valence-corrected chi connectivity index (χ4v) is 2.89. The molecule has 1 unspecified atom stereocenters. The Kier molecular flexibility index (Phi) is 4.39. The van der Waals surface area contributed by atoms with Crippen molar-refractivity contribution in [2.45, 2.75) is 44.5 Å². The van der Waals surface area contributed by atoms with Gasteiger partial charge in [-0.25, -0.2) is 9.37 Å². The van der Waals surface area contributed by atoms with E-state index in [2.05, 4.69) is 20.3 Å². The number of halogens is 1. The normalized spacial score (nSPS) is 32.0. The highest BCUT2D eigenvalue weighted by atomic mass is 19.2. The van der Waals surface area contributed by atoms with Crippen LogP contribution in [0.5, 0.6) is 5.88 Å². The summed E-state index contributed by atoms with van der Waals surface area (Å²) in [5, 5.41) is 32.8. The van der Waals surface area contributed by atoms with Crippen molar-refractivity contribution in [2.24, 2.45) is 0 Å². The molecule has 0 radical (unpaired) electrons. The van der Waals surface area contributed by atoms with Crippen molar-refractivity contribution in [3.63, 3.8) is 0 Å². The smallest absolute Gasteiger partial charge is 0.263 e. The van der Waals surface area contributed by atoms with Gasteiger partial charge in [-0.3, -0.25) is 4.57 Å². The number of anilines is 1. The lowest BCUT2D eigenvalue weighted by molar-refractivity contribution is -0.206. The highest BCUT2D eigenvalue weighted by Gasteiger charge is 2.62. The monoisotopic (exact) mass is 373 g/mol. The number of imidazole rings is 1. The number of alkyl halides is 1. The lowest BCUT2D eigenvalue weighted by atomic mass is 9.95. The maximum Gasteiger partial charge on any atom is 0.263 e. The van der Waals surface area contributed by atoms with Crippen LogP contribution in [0.4, 0.5) is 10.3 Å². The summed E-state index contributed by atoms with van der Waals surface area (Å²) < 4.78 is 33.7. The molecule has 0 amide bonds. The van der Waals surface area contributed by atoms with Gasteiger partial charge in [-0.05, 0) is 20.7 Å². The van der Waals surface area contributed by atoms with E-state index in [1.54, 1.807) is 6.92 Å². The number of nitrogens with zero attached hydrogens (tertiary/aromatic N) is 4. The SMILES string of the molecule is [3H]CCNc1nc(OCC)c2ncn(C3O[C@](F)(CO)[C@@H](O)[C@@]3(C)O)c2n1. The Bertz CT molecular complexity index is 821. The number of aliphatic hydroxyl groups is 3. The quantitative estimate of drug-likeness (QED) is 0.550. The summed E-state index contributed by atoms with van der Waals surface area (Å²) in [6.45, 7) is 2.52. The van der Waals surface area contributed by atoms with Crippen LogP contribution in [0, 0.1) is 0 Å². The van der Waals surface area contributed by atoms with Crippen LogP contribution in [0.2, 0.25) is 0 Å². The van der Waals surface area contributed by atoms with Crippen molar-refractivity contribution in [1.29, 1.82) is 0 Å². The first kappa shape index (κ1) is 17.3. The molecule has 2 aromatic heterocycles. The molecule has 1 aliphatic rings. The third kappa shape index (κ3) is 2.76. The molecule has 3 rings (SSSR count). The van der Waals surface area contributed by atoms with E-state index in [0.29, 0.717) is 13.2 Å². The van der Waals surface area contributed by atoms with E-state index in [1.165, 1.54) is 17.8 Å². The molecule has 0 bridgehead atoms. The first-order chi connectivity index (χ1) is 12.8. The summed E-state index contributed by atoms with van der Waals surface area (Å²) >= 11 is 0. The number of aliphatic hydroxyl groups excluding tert-OH is 2. The van der Waals surface area contributed by atoms with Crippen LogP contribution < -0.4 is 10.1 Å². The predicted molar refractivity (Wildman–Crippen MR) is 88.3 cm³/mol. The van der Waals surface area contributed by atoms with Crippen LogP contribution in [0.1, 0.15) is 28.3 Å². The topological polar surface area (TPSA) is 135 Å². The molecule has 1 fully saturated rings. The highest BCUT2D eigenvalue weighted by Crippen LogP contribution is 2.46. The van der Waals surface area contributed by atoms with Gasteiger partial charge in [-0.2, -0.15) is 9.97 Å². The Morgan fingerprint density at radius 2 is 2.31 bits per heavy atom. The van der Waals surface area contributed by atoms with Crippen molar-refractivity contribution in [1.82, 2.24) is 19.5 Å². The van der Waals surface area contributed by atoms with Gasteiger partial charge in [-0.15, -0.1) is 0 Å². The largest absolute Gasteiger partial charge is 0.476 e. The molecular formula is C15H22FN5O5. The number of rotatable bonds is 6. The Balaban J connectivity index is 2.10. The molecule has 0 aromatic carbocycles. The minimum absolute atomic E-state index is 0.0954. The fraction of sp³-hybridized carbons (Fsp3) is 0.667. The number of hydrogen-bond acceptors (Lipinski definition) is 9. The van der Waals surface area contributed by atoms with Gasteiger partial charge in [0.15, 0.2) is 17.4 Å². The van der Waals surface area contributed by atoms with Crippen molar-refractivity contribution in [3.8, 4) is 5.88 Å². The second-order valence-electron chi connectivity index (χ2n) is 6.08. The average molecular weight is 373 g/mol. The molecule has 26 heavy (non-hydrogen) atoms. The lowest BCUT2D eigenvalue weighted by Crippen LogP contribution is -2.48. The van der Waals surface area contributed by atoms with Crippen LogP contribution >= 0.6 is 0 Å². The molecule has 11 heteroatoms. The van der Waals surface area contributed by atoms with Crippen LogP contribution in [0.15, 0.2) is 6.33 Å². The third-order valence-corrected chi connectivity index (χ3v) is 4.19. The predicted octanol–water partition coefficient (Wildman–Crippen LogP) is -0.0444. The lowest BCUT2D eigenvalue weighted by Gasteiger charge is -2.27. The van der Waals surface area contributed by atoms with Gasteiger partial charge in [0.05, 0.1) is 12.9 Å². The number of aromatic nitrogens is 4. The van der Waals surface area contributed by atoms with Crippen molar-refractivity contribution in [3.05, 3.63) is 6.33 Å². The van der Waals surface area contributed by atoms with Crippen LogP contribution in [0.25, 0.3) is 11.2 Å². The summed E-state index contributed by atoms with van der Waals surface area (Å²) in [5.74, 6) is -2.51. The second-order valence-corrected chi connectivity index (χ2v) is 6.08. The van der Waals surface area contributed by atoms with E-state index in [9.17, 15) is 19.7 Å². The van der Waals surface area contributed by atoms with E-state index < -0.39 is 30.4 Å². The molecule has 1 saturated heterocycles. The fourth-order valence-electron chi connectivity index (χ4n) is 2.89. The van der Waals surface area contributed by atoms with Crippen molar-refractivity contribution in [2.75, 3.05) is 25.1 Å². The Morgan fingerprint density at radius 3 is 2.92 bits per heavy atom. The van der Waals surface area contributed by atoms with E-state index in [0.717, 1.165) is 0 Å². The molecular weight excluding hydrogens is 349 g/mol. The molecule has 4 atom stereocenters. The molecule has 1 aliphatic heterocycles. The van der Waals surface area contributed by atoms with Gasteiger partial charge >= 0.3 is 0 Å². The summed E-state index contributed by atoms with van der Waals surface area (Å²) in [6, 6.07) is 0. The maximum absolute atomic E-state index is 14.6. The Labute approximate surface area is 150 Å². The standard InChI is InChI=1S/C15H22FN5O5/c1-4-17-13-19-9-8(10(20-13)25-5-2)18-7-21(9)12-14(3,24)11(23)15(16,6-22)26-12/h7,11-12,22-24H,4-6H2,1-3H3,(H,17,19,20)/t11-,12?,14+,15+/m0/s1/i1T. The minimum Gasteiger partial charge on any atom is -0.476 e. The first-order valence-electron chi connectivity index (χ1n) is 8.77. The maximum atomic E-state index is 14.6. The Hall–Kier alpha value is -2.08. The van der Waals surface area contributed by atoms with Crippen LogP contribution in [-0.4, -0.2) is 72.2 Å². The molecule has 2 aromatic rings. The van der Waals surface area contributed by atoms with Gasteiger partial charge < -0.3 is 30.1 Å². The zero-order chi connectivity index (χ0) is 19.8. The molecule has 10 nitrogen and oxygen atoms in total. The van der Waals surface area contributed by atoms with E-state index in [4.69, 9.17) is 10.8 Å². The van der Waals surface area contributed by atoms with Gasteiger partial charge in [0.2, 0.25) is 11.8 Å². The van der Waals surface area contributed by atoms with Crippen molar-refractivity contribution < 1.29 is 30.6 Å². The van der Waals surface area contributed by atoms with Gasteiger partial charge in [0.1, 0.15) is 18.3 Å². The number of nitrogens with one attached hydrogen (secondary N) is 1. The van der Waals surface area contributed by atoms with E-state index >= 15 is 0 Å². The van der Waals surface area contributed by atoms with E-state index in [1.807, 2.05) is 0 Å². The third-order valence-electron chi connectivity index (χ3n) is 4.19. The number of ether oxygens (including phenoxy) is 2. The second kappa shape index (κ2) is 6.58. The molecule has 0 saturated carbocycles. The molecule has 0 spiro atoms. The first-order valence-corrected chi connectivity index (χ1v) is 8.07. The van der Waals surface area contributed by atoms with E-state index in [-0.39, 0.29) is 29.9 Å². The van der Waals surface area contributed by atoms with Crippen molar-refractivity contribution >= 4 is 17.1 Å². The molecule has 4 N–H and O–H groups in total. The summed E-state index contributed by atoms with van der Waals surface area (Å²) in [6.07, 6.45) is -2.15. The summed E-state index contributed by atoms with van der Waals surface area (Å²) in [4.78, 5) is 12.6. The Morgan fingerprint density at radius 1 is 1.54 bits per heavy atom. The highest BCUT2D eigenvalue weighted by molar-refractivity contribution is 5.78. The van der Waals surface area contributed by atoms with Gasteiger partial charge in [0, 0.05) is 7.92 Å². The van der Waals surface area contributed by atoms with Gasteiger partial charge in [0.25, 0.3) is 5.85 Å². The molecule has 3 heterocycles. The minimum atomic E-state index is -2.84. The molecule has 144 valence electrons. The molecule has 0 aliphatic carbocycles. The zero-order valence-corrected chi connectivity index (χ0v) is 14.4. The number of hydrogen-bond donors (Lipinski definition) is 4.